The Hall–Kier alpha value is -3.47. The zero-order chi connectivity index (χ0) is 26.7. The van der Waals surface area contributed by atoms with Crippen molar-refractivity contribution in [3.05, 3.63) is 61.4 Å². The van der Waals surface area contributed by atoms with E-state index in [1.807, 2.05) is 19.0 Å². The first-order chi connectivity index (χ1) is 17.8. The molecule has 0 aliphatic rings. The summed E-state index contributed by atoms with van der Waals surface area (Å²) in [5, 5.41) is 4.42. The van der Waals surface area contributed by atoms with Crippen molar-refractivity contribution < 1.29 is 4.74 Å². The molecule has 0 aliphatic carbocycles. The topological polar surface area (TPSA) is 114 Å². The van der Waals surface area contributed by atoms with Crippen LogP contribution in [0.15, 0.2) is 44.7 Å². The van der Waals surface area contributed by atoms with Gasteiger partial charge in [0.1, 0.15) is 5.75 Å². The van der Waals surface area contributed by atoms with E-state index >= 15 is 0 Å². The molecule has 0 saturated carbocycles. The van der Waals surface area contributed by atoms with Gasteiger partial charge in [-0.05, 0) is 84.0 Å². The predicted molar refractivity (Wildman–Crippen MR) is 150 cm³/mol. The summed E-state index contributed by atoms with van der Waals surface area (Å²) in [5.74, 6) is 0.520. The summed E-state index contributed by atoms with van der Waals surface area (Å²) < 4.78 is 8.11. The molecule has 10 heteroatoms. The molecule has 4 aromatic rings. The number of fused-ring (bicyclic) bond motifs is 2. The minimum Gasteiger partial charge on any atom is -0.497 e. The number of nitrogens with one attached hydrogen (secondary N) is 1. The quantitative estimate of drug-likeness (QED) is 0.167. The molecule has 37 heavy (non-hydrogen) atoms. The molecule has 2 aromatic heterocycles. The van der Waals surface area contributed by atoms with E-state index in [2.05, 4.69) is 17.3 Å². The molecular formula is C27H36N6O4. The zero-order valence-electron chi connectivity index (χ0n) is 22.0. The Bertz CT molecular complexity index is 1580. The first kappa shape index (κ1) is 26.6. The van der Waals surface area contributed by atoms with Crippen molar-refractivity contribution in [2.75, 3.05) is 66.3 Å². The van der Waals surface area contributed by atoms with Crippen LogP contribution < -0.4 is 32.5 Å². The number of nitrogens with zero attached hydrogens (tertiary/aromatic N) is 4. The molecule has 198 valence electrons. The zero-order valence-corrected chi connectivity index (χ0v) is 22.0. The smallest absolute Gasteiger partial charge is 0.336 e. The number of nitrogens with two attached hydrogens (primary N) is 1. The van der Waals surface area contributed by atoms with Crippen molar-refractivity contribution in [1.29, 1.82) is 0 Å². The molecule has 2 aromatic carbocycles. The van der Waals surface area contributed by atoms with Gasteiger partial charge in [0.05, 0.1) is 34.3 Å². The fraction of sp³-hybridized carbons (Fsp3) is 0.444. The Kier molecular flexibility index (Phi) is 8.11. The Balaban J connectivity index is 1.89. The van der Waals surface area contributed by atoms with Crippen LogP contribution in [0.3, 0.4) is 0 Å². The van der Waals surface area contributed by atoms with Crippen molar-refractivity contribution in [3.63, 3.8) is 0 Å². The monoisotopic (exact) mass is 508 g/mol. The SMILES string of the molecule is COc1ccc2c(c1)c(=O)c1c(NCCCN(C)CCCN)ccc3c(=O)n(CCN(C)C)c(=O)n2c31. The number of methoxy groups -OCH3 is 1. The van der Waals surface area contributed by atoms with Gasteiger partial charge >= 0.3 is 5.69 Å². The number of pyridine rings is 1. The summed E-state index contributed by atoms with van der Waals surface area (Å²) in [6.07, 6.45) is 1.80. The maximum absolute atomic E-state index is 13.8. The van der Waals surface area contributed by atoms with E-state index in [9.17, 15) is 14.4 Å². The van der Waals surface area contributed by atoms with Gasteiger partial charge in [-0.2, -0.15) is 0 Å². The van der Waals surface area contributed by atoms with Crippen molar-refractivity contribution >= 4 is 32.9 Å². The van der Waals surface area contributed by atoms with Crippen LogP contribution in [-0.2, 0) is 6.54 Å². The van der Waals surface area contributed by atoms with Gasteiger partial charge in [0.15, 0.2) is 5.43 Å². The number of aromatic nitrogens is 2. The standard InChI is InChI=1S/C27H36N6O4/c1-30(2)15-16-32-26(35)19-8-9-21(29-12-6-14-31(3)13-5-11-28)23-24(19)33(27(32)36)22-10-7-18(37-4)17-20(22)25(23)34/h7-10,17,29H,5-6,11-16,28H2,1-4H3. The summed E-state index contributed by atoms with van der Waals surface area (Å²) >= 11 is 0. The lowest BCUT2D eigenvalue weighted by atomic mass is 10.0. The normalized spacial score (nSPS) is 12.0. The number of hydrogen-bond acceptors (Lipinski definition) is 8. The van der Waals surface area contributed by atoms with E-state index in [1.54, 1.807) is 30.3 Å². The highest BCUT2D eigenvalue weighted by Gasteiger charge is 2.21. The second kappa shape index (κ2) is 11.3. The highest BCUT2D eigenvalue weighted by atomic mass is 16.5. The van der Waals surface area contributed by atoms with Crippen LogP contribution >= 0.6 is 0 Å². The van der Waals surface area contributed by atoms with Crippen LogP contribution in [0.2, 0.25) is 0 Å². The molecule has 10 nitrogen and oxygen atoms in total. The van der Waals surface area contributed by atoms with Gasteiger partial charge < -0.3 is 25.6 Å². The van der Waals surface area contributed by atoms with Gasteiger partial charge in [-0.3, -0.25) is 18.6 Å². The second-order valence-electron chi connectivity index (χ2n) is 9.70. The highest BCUT2D eigenvalue weighted by Crippen LogP contribution is 2.28. The average Bonchev–Trinajstić information content (AvgIpc) is 2.88. The van der Waals surface area contributed by atoms with Crippen molar-refractivity contribution in [1.82, 2.24) is 18.8 Å². The number of anilines is 1. The van der Waals surface area contributed by atoms with Crippen LogP contribution in [0.4, 0.5) is 5.69 Å². The lowest BCUT2D eigenvalue weighted by molar-refractivity contribution is 0.330. The lowest BCUT2D eigenvalue weighted by Gasteiger charge is -2.18. The Labute approximate surface area is 215 Å². The molecule has 4 rings (SSSR count). The third-order valence-corrected chi connectivity index (χ3v) is 6.76. The van der Waals surface area contributed by atoms with Crippen LogP contribution in [-0.4, -0.2) is 79.7 Å². The number of hydrogen-bond donors (Lipinski definition) is 2. The summed E-state index contributed by atoms with van der Waals surface area (Å²) in [5.41, 5.74) is 5.91. The average molecular weight is 509 g/mol. The Morgan fingerprint density at radius 1 is 0.973 bits per heavy atom. The van der Waals surface area contributed by atoms with Crippen LogP contribution in [0.1, 0.15) is 12.8 Å². The third-order valence-electron chi connectivity index (χ3n) is 6.76. The van der Waals surface area contributed by atoms with Gasteiger partial charge in [0.25, 0.3) is 5.56 Å². The summed E-state index contributed by atoms with van der Waals surface area (Å²) in [6.45, 7) is 3.88. The predicted octanol–water partition coefficient (Wildman–Crippen LogP) is 1.22. The molecule has 0 bridgehead atoms. The molecule has 0 fully saturated rings. The van der Waals surface area contributed by atoms with E-state index < -0.39 is 11.2 Å². The number of rotatable bonds is 12. The second-order valence-corrected chi connectivity index (χ2v) is 9.70. The largest absolute Gasteiger partial charge is 0.497 e. The van der Waals surface area contributed by atoms with Crippen LogP contribution in [0, 0.1) is 0 Å². The van der Waals surface area contributed by atoms with Crippen LogP contribution in [0.25, 0.3) is 27.2 Å². The minimum atomic E-state index is -0.460. The van der Waals surface area contributed by atoms with Gasteiger partial charge in [0, 0.05) is 25.3 Å². The van der Waals surface area contributed by atoms with Crippen molar-refractivity contribution in [3.8, 4) is 5.75 Å². The minimum absolute atomic E-state index is 0.243. The van der Waals surface area contributed by atoms with Gasteiger partial charge in [-0.25, -0.2) is 4.79 Å². The van der Waals surface area contributed by atoms with E-state index in [0.717, 1.165) is 25.9 Å². The Morgan fingerprint density at radius 2 is 1.73 bits per heavy atom. The number of benzene rings is 2. The first-order valence-corrected chi connectivity index (χ1v) is 12.6. The molecule has 0 aliphatic heterocycles. The van der Waals surface area contributed by atoms with Gasteiger partial charge in [-0.15, -0.1) is 0 Å². The molecule has 0 saturated heterocycles. The molecule has 3 N–H and O–H groups in total. The number of ether oxygens (including phenoxy) is 1. The molecule has 0 atom stereocenters. The molecule has 2 heterocycles. The third kappa shape index (κ3) is 5.18. The van der Waals surface area contributed by atoms with Gasteiger partial charge in [-0.1, -0.05) is 0 Å². The van der Waals surface area contributed by atoms with E-state index in [1.165, 1.54) is 16.1 Å². The number of likely N-dealkylation sites (N-methyl/N-ethyl adjacent to an activating group) is 1. The first-order valence-electron chi connectivity index (χ1n) is 12.6. The summed E-state index contributed by atoms with van der Waals surface area (Å²) in [6, 6.07) is 8.55. The van der Waals surface area contributed by atoms with E-state index in [0.29, 0.717) is 58.3 Å². The summed E-state index contributed by atoms with van der Waals surface area (Å²) in [4.78, 5) is 45.1. The molecular weight excluding hydrogens is 472 g/mol. The fourth-order valence-electron chi connectivity index (χ4n) is 4.74. The van der Waals surface area contributed by atoms with Gasteiger partial charge in [0.2, 0.25) is 0 Å². The Morgan fingerprint density at radius 3 is 2.43 bits per heavy atom. The lowest BCUT2D eigenvalue weighted by Crippen LogP contribution is -2.40. The molecule has 0 radical (unpaired) electrons. The fourth-order valence-corrected chi connectivity index (χ4v) is 4.74. The van der Waals surface area contributed by atoms with E-state index in [-0.39, 0.29) is 12.0 Å². The molecule has 0 amide bonds. The molecule has 0 spiro atoms. The van der Waals surface area contributed by atoms with E-state index in [4.69, 9.17) is 10.5 Å². The van der Waals surface area contributed by atoms with Crippen molar-refractivity contribution in [2.45, 2.75) is 19.4 Å². The van der Waals surface area contributed by atoms with Crippen LogP contribution in [0.5, 0.6) is 5.75 Å². The highest BCUT2D eigenvalue weighted by molar-refractivity contribution is 6.07. The summed E-state index contributed by atoms with van der Waals surface area (Å²) in [7, 11) is 7.37. The molecule has 0 unspecified atom stereocenters. The maximum atomic E-state index is 13.8. The van der Waals surface area contributed by atoms with Crippen molar-refractivity contribution in [2.24, 2.45) is 5.73 Å². The maximum Gasteiger partial charge on any atom is 0.336 e.